The maximum Gasteiger partial charge on any atom is 0.411 e. The Balaban J connectivity index is 1.20. The summed E-state index contributed by atoms with van der Waals surface area (Å²) in [7, 11) is 0. The van der Waals surface area contributed by atoms with Crippen molar-refractivity contribution in [3.05, 3.63) is 107 Å². The summed E-state index contributed by atoms with van der Waals surface area (Å²) in [5.74, 6) is -0.963. The highest BCUT2D eigenvalue weighted by Crippen LogP contribution is 2.44. The molecular formula is C26H21N3O4. The summed E-state index contributed by atoms with van der Waals surface area (Å²) < 4.78 is 7.23. The topological polar surface area (TPSA) is 93.5 Å². The van der Waals surface area contributed by atoms with Crippen LogP contribution < -0.4 is 5.32 Å². The predicted molar refractivity (Wildman–Crippen MR) is 123 cm³/mol. The van der Waals surface area contributed by atoms with Gasteiger partial charge in [0, 0.05) is 12.1 Å². The van der Waals surface area contributed by atoms with Gasteiger partial charge in [-0.25, -0.2) is 9.59 Å². The number of benzene rings is 3. The summed E-state index contributed by atoms with van der Waals surface area (Å²) in [4.78, 5) is 23.4. The van der Waals surface area contributed by atoms with Crippen LogP contribution in [0.4, 0.5) is 10.5 Å². The molecule has 7 nitrogen and oxygen atoms in total. The molecule has 0 atom stereocenters. The van der Waals surface area contributed by atoms with Gasteiger partial charge in [-0.15, -0.1) is 0 Å². The van der Waals surface area contributed by atoms with Gasteiger partial charge in [-0.3, -0.25) is 10.00 Å². The fourth-order valence-corrected chi connectivity index (χ4v) is 4.21. The molecule has 0 radical (unpaired) electrons. The van der Waals surface area contributed by atoms with Crippen LogP contribution in [0.25, 0.3) is 11.1 Å². The molecule has 2 N–H and O–H groups in total. The largest absolute Gasteiger partial charge is 0.478 e. The van der Waals surface area contributed by atoms with E-state index in [1.165, 1.54) is 11.1 Å². The number of carbonyl (C=O) groups excluding carboxylic acids is 1. The minimum Gasteiger partial charge on any atom is -0.478 e. The average molecular weight is 439 g/mol. The lowest BCUT2D eigenvalue weighted by Crippen LogP contribution is -2.17. The zero-order valence-electron chi connectivity index (χ0n) is 17.6. The number of anilines is 1. The van der Waals surface area contributed by atoms with Gasteiger partial charge in [-0.05, 0) is 39.9 Å². The van der Waals surface area contributed by atoms with E-state index in [0.717, 1.165) is 16.7 Å². The molecule has 1 aliphatic carbocycles. The number of amides is 1. The fraction of sp³-hybridized carbons (Fsp3) is 0.115. The molecule has 0 unspecified atom stereocenters. The van der Waals surface area contributed by atoms with Crippen LogP contribution in [-0.2, 0) is 11.3 Å². The number of aromatic carboxylic acids is 1. The molecule has 1 aromatic heterocycles. The van der Waals surface area contributed by atoms with Gasteiger partial charge >= 0.3 is 12.1 Å². The number of carboxylic acid groups (broad SMARTS) is 1. The monoisotopic (exact) mass is 439 g/mol. The Morgan fingerprint density at radius 2 is 1.58 bits per heavy atom. The van der Waals surface area contributed by atoms with Crippen LogP contribution in [0.15, 0.2) is 85.2 Å². The standard InChI is InChI=1S/C26H21N3O4/c30-25(31)18-11-9-17(10-12-18)14-29-15-19(13-27-29)28-26(32)33-16-24-22-7-3-1-5-20(22)21-6-2-4-8-23(21)24/h1-13,15,24H,14,16H2,(H,28,32)(H,30,31). The number of rotatable bonds is 6. The van der Waals surface area contributed by atoms with Crippen LogP contribution in [0.1, 0.15) is 33.0 Å². The zero-order valence-corrected chi connectivity index (χ0v) is 17.6. The molecule has 0 fully saturated rings. The van der Waals surface area contributed by atoms with Crippen molar-refractivity contribution in [3.8, 4) is 11.1 Å². The van der Waals surface area contributed by atoms with E-state index < -0.39 is 12.1 Å². The molecule has 1 heterocycles. The second kappa shape index (κ2) is 8.63. The normalized spacial score (nSPS) is 12.1. The van der Waals surface area contributed by atoms with Gasteiger partial charge in [0.2, 0.25) is 0 Å². The molecule has 0 bridgehead atoms. The van der Waals surface area contributed by atoms with Gasteiger partial charge in [-0.1, -0.05) is 60.7 Å². The molecule has 4 aromatic rings. The first-order valence-electron chi connectivity index (χ1n) is 10.5. The first kappa shape index (κ1) is 20.5. The van der Waals surface area contributed by atoms with Crippen LogP contribution in [0.5, 0.6) is 0 Å². The molecule has 5 rings (SSSR count). The third-order valence-electron chi connectivity index (χ3n) is 5.77. The number of hydrogen-bond donors (Lipinski definition) is 2. The Morgan fingerprint density at radius 3 is 2.21 bits per heavy atom. The van der Waals surface area contributed by atoms with Crippen LogP contribution in [0.3, 0.4) is 0 Å². The number of fused-ring (bicyclic) bond motifs is 3. The lowest BCUT2D eigenvalue weighted by atomic mass is 9.98. The second-order valence-electron chi connectivity index (χ2n) is 7.88. The molecule has 7 heteroatoms. The summed E-state index contributed by atoms with van der Waals surface area (Å²) in [6.45, 7) is 0.691. The van der Waals surface area contributed by atoms with E-state index in [0.29, 0.717) is 12.2 Å². The molecule has 0 saturated carbocycles. The first-order valence-corrected chi connectivity index (χ1v) is 10.5. The molecule has 0 saturated heterocycles. The van der Waals surface area contributed by atoms with Crippen LogP contribution in [-0.4, -0.2) is 33.6 Å². The fourth-order valence-electron chi connectivity index (χ4n) is 4.21. The Hall–Kier alpha value is -4.39. The summed E-state index contributed by atoms with van der Waals surface area (Å²) in [5.41, 5.74) is 6.34. The molecule has 33 heavy (non-hydrogen) atoms. The first-order chi connectivity index (χ1) is 16.1. The van der Waals surface area contributed by atoms with Gasteiger partial charge < -0.3 is 9.84 Å². The lowest BCUT2D eigenvalue weighted by molar-refractivity contribution is 0.0696. The summed E-state index contributed by atoms with van der Waals surface area (Å²) in [6.07, 6.45) is 2.71. The molecule has 1 amide bonds. The van der Waals surface area contributed by atoms with Crippen molar-refractivity contribution >= 4 is 17.7 Å². The summed E-state index contributed by atoms with van der Waals surface area (Å²) >= 11 is 0. The number of carbonyl (C=O) groups is 2. The maximum atomic E-state index is 12.4. The highest BCUT2D eigenvalue weighted by atomic mass is 16.5. The Labute approximate surface area is 190 Å². The van der Waals surface area contributed by atoms with E-state index in [2.05, 4.69) is 34.7 Å². The summed E-state index contributed by atoms with van der Waals surface area (Å²) in [5, 5.41) is 16.0. The smallest absolute Gasteiger partial charge is 0.411 e. The highest BCUT2D eigenvalue weighted by molar-refractivity contribution is 5.87. The van der Waals surface area contributed by atoms with E-state index in [-0.39, 0.29) is 18.1 Å². The number of hydrogen-bond acceptors (Lipinski definition) is 4. The minimum absolute atomic E-state index is 0.000327. The van der Waals surface area contributed by atoms with E-state index in [1.807, 2.05) is 24.3 Å². The van der Waals surface area contributed by atoms with Crippen molar-refractivity contribution in [1.29, 1.82) is 0 Å². The zero-order chi connectivity index (χ0) is 22.8. The van der Waals surface area contributed by atoms with Crippen molar-refractivity contribution in [2.45, 2.75) is 12.5 Å². The van der Waals surface area contributed by atoms with Crippen molar-refractivity contribution < 1.29 is 19.4 Å². The Kier molecular flexibility index (Phi) is 5.36. The molecule has 0 spiro atoms. The Bertz CT molecular complexity index is 1280. The molecule has 0 aliphatic heterocycles. The lowest BCUT2D eigenvalue weighted by Gasteiger charge is -2.14. The number of aromatic nitrogens is 2. The van der Waals surface area contributed by atoms with E-state index >= 15 is 0 Å². The predicted octanol–water partition coefficient (Wildman–Crippen LogP) is 4.99. The molecule has 164 valence electrons. The van der Waals surface area contributed by atoms with Gasteiger partial charge in [0.1, 0.15) is 6.61 Å². The molecule has 1 aliphatic rings. The Morgan fingerprint density at radius 1 is 0.939 bits per heavy atom. The number of nitrogens with zero attached hydrogens (tertiary/aromatic N) is 2. The van der Waals surface area contributed by atoms with Gasteiger partial charge in [0.05, 0.1) is 24.0 Å². The number of carboxylic acids is 1. The molecular weight excluding hydrogens is 418 g/mol. The van der Waals surface area contributed by atoms with E-state index in [4.69, 9.17) is 9.84 Å². The second-order valence-corrected chi connectivity index (χ2v) is 7.88. The summed E-state index contributed by atoms with van der Waals surface area (Å²) in [6, 6.07) is 23.0. The van der Waals surface area contributed by atoms with Crippen LogP contribution in [0, 0.1) is 0 Å². The SMILES string of the molecule is O=C(Nc1cnn(Cc2ccc(C(=O)O)cc2)c1)OCC1c2ccccc2-c2ccccc21. The van der Waals surface area contributed by atoms with Crippen LogP contribution >= 0.6 is 0 Å². The third kappa shape index (κ3) is 4.21. The van der Waals surface area contributed by atoms with E-state index in [9.17, 15) is 9.59 Å². The van der Waals surface area contributed by atoms with Crippen molar-refractivity contribution in [3.63, 3.8) is 0 Å². The quantitative estimate of drug-likeness (QED) is 0.441. The van der Waals surface area contributed by atoms with Gasteiger partial charge in [0.15, 0.2) is 0 Å². The maximum absolute atomic E-state index is 12.4. The third-order valence-corrected chi connectivity index (χ3v) is 5.77. The number of ether oxygens (including phenoxy) is 1. The van der Waals surface area contributed by atoms with Crippen molar-refractivity contribution in [1.82, 2.24) is 9.78 Å². The van der Waals surface area contributed by atoms with E-state index in [1.54, 1.807) is 41.3 Å². The molecule has 3 aromatic carbocycles. The van der Waals surface area contributed by atoms with Gasteiger partial charge in [-0.2, -0.15) is 5.10 Å². The van der Waals surface area contributed by atoms with Gasteiger partial charge in [0.25, 0.3) is 0 Å². The highest BCUT2D eigenvalue weighted by Gasteiger charge is 2.29. The van der Waals surface area contributed by atoms with Crippen LogP contribution in [0.2, 0.25) is 0 Å². The minimum atomic E-state index is -0.963. The van der Waals surface area contributed by atoms with Crippen molar-refractivity contribution in [2.75, 3.05) is 11.9 Å². The average Bonchev–Trinajstić information content (AvgIpc) is 3.40. The van der Waals surface area contributed by atoms with Crippen molar-refractivity contribution in [2.24, 2.45) is 0 Å². The number of nitrogens with one attached hydrogen (secondary N) is 1.